The third-order valence-electron chi connectivity index (χ3n) is 6.83. The molecule has 2 aromatic rings. The van der Waals surface area contributed by atoms with Crippen LogP contribution in [0.2, 0.25) is 0 Å². The van der Waals surface area contributed by atoms with Crippen molar-refractivity contribution in [1.82, 2.24) is 4.90 Å². The van der Waals surface area contributed by atoms with Crippen molar-refractivity contribution in [3.8, 4) is 5.75 Å². The van der Waals surface area contributed by atoms with Gasteiger partial charge in [0.15, 0.2) is 0 Å². The first-order chi connectivity index (χ1) is 16.8. The van der Waals surface area contributed by atoms with E-state index in [4.69, 9.17) is 9.84 Å². The number of fused-ring (bicyclic) bond motifs is 1. The second-order valence-electron chi connectivity index (χ2n) is 9.48. The molecule has 2 aliphatic rings. The fourth-order valence-corrected chi connectivity index (χ4v) is 5.26. The minimum absolute atomic E-state index is 0.135. The third kappa shape index (κ3) is 6.12. The number of halogens is 6. The van der Waals surface area contributed by atoms with Gasteiger partial charge in [-0.15, -0.1) is 0 Å². The monoisotopic (exact) mass is 517 g/mol. The highest BCUT2D eigenvalue weighted by atomic mass is 19.4. The molecule has 0 aromatic heterocycles. The highest BCUT2D eigenvalue weighted by molar-refractivity contribution is 5.67. The molecule has 0 bridgehead atoms. The molecule has 1 saturated carbocycles. The van der Waals surface area contributed by atoms with Crippen LogP contribution in [-0.2, 0) is 23.7 Å². The number of carbonyl (C=O) groups is 1. The molecule has 1 saturated heterocycles. The number of ether oxygens (including phenoxy) is 1. The van der Waals surface area contributed by atoms with Crippen molar-refractivity contribution in [2.75, 3.05) is 13.1 Å². The van der Waals surface area contributed by atoms with E-state index in [1.807, 2.05) is 0 Å². The van der Waals surface area contributed by atoms with Crippen LogP contribution in [0.15, 0.2) is 42.5 Å². The van der Waals surface area contributed by atoms with Crippen LogP contribution in [0.4, 0.5) is 26.3 Å². The van der Waals surface area contributed by atoms with Crippen molar-refractivity contribution < 1.29 is 46.1 Å². The number of hydrogen-bond donors (Lipinski definition) is 2. The topological polar surface area (TPSA) is 70.0 Å². The number of aliphatic hydroxyl groups is 1. The fraction of sp³-hybridized carbons (Fsp3) is 0.480. The highest BCUT2D eigenvalue weighted by Crippen LogP contribution is 2.42. The Morgan fingerprint density at radius 3 is 2.25 bits per heavy atom. The van der Waals surface area contributed by atoms with Crippen LogP contribution in [0, 0.1) is 11.8 Å². The van der Waals surface area contributed by atoms with Crippen molar-refractivity contribution in [3.05, 3.63) is 64.7 Å². The van der Waals surface area contributed by atoms with Crippen LogP contribution in [-0.4, -0.2) is 40.3 Å². The van der Waals surface area contributed by atoms with Crippen LogP contribution in [0.1, 0.15) is 47.6 Å². The van der Waals surface area contributed by atoms with Gasteiger partial charge in [0, 0.05) is 19.6 Å². The molecule has 2 unspecified atom stereocenters. The van der Waals surface area contributed by atoms with Crippen molar-refractivity contribution in [1.29, 1.82) is 0 Å². The van der Waals surface area contributed by atoms with E-state index < -0.39 is 42.0 Å². The van der Waals surface area contributed by atoms with E-state index in [1.54, 1.807) is 29.2 Å². The molecule has 4 rings (SSSR count). The smallest absolute Gasteiger partial charge is 0.416 e. The molecule has 1 aliphatic carbocycles. The predicted molar refractivity (Wildman–Crippen MR) is 116 cm³/mol. The van der Waals surface area contributed by atoms with Crippen molar-refractivity contribution >= 4 is 5.97 Å². The van der Waals surface area contributed by atoms with Crippen LogP contribution in [0.25, 0.3) is 0 Å². The number of rotatable bonds is 7. The molecule has 196 valence electrons. The summed E-state index contributed by atoms with van der Waals surface area (Å²) < 4.78 is 85.6. The predicted octanol–water partition coefficient (Wildman–Crippen LogP) is 5.52. The summed E-state index contributed by atoms with van der Waals surface area (Å²) in [6.45, 7) is 0.686. The molecule has 0 spiro atoms. The van der Waals surface area contributed by atoms with Gasteiger partial charge in [0.1, 0.15) is 5.75 Å². The zero-order valence-corrected chi connectivity index (χ0v) is 19.0. The van der Waals surface area contributed by atoms with Gasteiger partial charge < -0.3 is 14.9 Å². The summed E-state index contributed by atoms with van der Waals surface area (Å²) in [4.78, 5) is 12.6. The lowest BCUT2D eigenvalue weighted by Crippen LogP contribution is -2.26. The van der Waals surface area contributed by atoms with E-state index in [0.29, 0.717) is 55.4 Å². The molecule has 1 heterocycles. The van der Waals surface area contributed by atoms with Gasteiger partial charge in [-0.3, -0.25) is 9.69 Å². The summed E-state index contributed by atoms with van der Waals surface area (Å²) in [5.74, 6) is -0.376. The Balaban J connectivity index is 1.38. The number of likely N-dealkylation sites (tertiary alicyclic amines) is 1. The van der Waals surface area contributed by atoms with E-state index in [0.717, 1.165) is 0 Å². The molecular weight excluding hydrogens is 492 g/mol. The zero-order valence-electron chi connectivity index (χ0n) is 19.0. The normalized spacial score (nSPS) is 23.5. The molecule has 0 amide bonds. The van der Waals surface area contributed by atoms with Crippen molar-refractivity contribution in [3.63, 3.8) is 0 Å². The van der Waals surface area contributed by atoms with Gasteiger partial charge in [-0.1, -0.05) is 12.1 Å². The third-order valence-corrected chi connectivity index (χ3v) is 6.83. The van der Waals surface area contributed by atoms with Gasteiger partial charge in [0.25, 0.3) is 0 Å². The Morgan fingerprint density at radius 1 is 1.00 bits per heavy atom. The second kappa shape index (κ2) is 9.93. The summed E-state index contributed by atoms with van der Waals surface area (Å²) in [5, 5.41) is 18.9. The number of hydrogen-bond acceptors (Lipinski definition) is 4. The van der Waals surface area contributed by atoms with Crippen LogP contribution in [0.5, 0.6) is 5.75 Å². The fourth-order valence-electron chi connectivity index (χ4n) is 5.26. The molecule has 5 nitrogen and oxygen atoms in total. The van der Waals surface area contributed by atoms with Crippen molar-refractivity contribution in [2.24, 2.45) is 11.8 Å². The first-order valence-electron chi connectivity index (χ1n) is 11.5. The van der Waals surface area contributed by atoms with Crippen molar-refractivity contribution in [2.45, 2.75) is 50.4 Å². The molecule has 2 aromatic carbocycles. The molecule has 0 radical (unpaired) electrons. The lowest BCUT2D eigenvalue weighted by molar-refractivity contribution is -0.142. The van der Waals surface area contributed by atoms with Gasteiger partial charge in [-0.2, -0.15) is 26.3 Å². The Labute approximate surface area is 203 Å². The minimum atomic E-state index is -4.75. The van der Waals surface area contributed by atoms with Gasteiger partial charge in [-0.25, -0.2) is 0 Å². The van der Waals surface area contributed by atoms with E-state index in [1.165, 1.54) is 0 Å². The first-order valence-corrected chi connectivity index (χ1v) is 11.5. The first kappa shape index (κ1) is 26.3. The van der Waals surface area contributed by atoms with Gasteiger partial charge in [-0.05, 0) is 66.1 Å². The molecule has 36 heavy (non-hydrogen) atoms. The Hall–Kier alpha value is -2.79. The Bertz CT molecular complexity index is 1090. The molecule has 3 atom stereocenters. The summed E-state index contributed by atoms with van der Waals surface area (Å²) in [6, 6.07) is 8.09. The number of alkyl halides is 6. The molecule has 2 N–H and O–H groups in total. The summed E-state index contributed by atoms with van der Waals surface area (Å²) >= 11 is 0. The average Bonchev–Trinajstić information content (AvgIpc) is 3.29. The molecule has 11 heteroatoms. The van der Waals surface area contributed by atoms with E-state index in [-0.39, 0.29) is 30.0 Å². The standard InChI is InChI=1S/C25H25F6NO4/c26-24(27,28)18-4-5-21(25(29,30)31)17(6-18)13-32-11-15-8-20(9-16(15)12-32)36-19-3-1-2-14(7-19)22(33)10-23(34)35/h1-7,15-16,20,22,33H,8-13H2,(H,34,35)/t15?,16?,20?,22-/m1/s1. The van der Waals surface area contributed by atoms with Crippen LogP contribution in [0.3, 0.4) is 0 Å². The van der Waals surface area contributed by atoms with Gasteiger partial charge in [0.2, 0.25) is 0 Å². The second-order valence-corrected chi connectivity index (χ2v) is 9.48. The molecule has 2 fully saturated rings. The quantitative estimate of drug-likeness (QED) is 0.474. The maximum absolute atomic E-state index is 13.4. The highest BCUT2D eigenvalue weighted by Gasteiger charge is 2.43. The summed E-state index contributed by atoms with van der Waals surface area (Å²) in [6.07, 6.45) is -9.97. The SMILES string of the molecule is O=C(O)C[C@@H](O)c1cccc(OC2CC3CN(Cc4cc(C(F)(F)F)ccc4C(F)(F)F)CC3C2)c1. The van der Waals surface area contributed by atoms with Gasteiger partial charge >= 0.3 is 18.3 Å². The number of carboxylic acids is 1. The maximum Gasteiger partial charge on any atom is 0.416 e. The van der Waals surface area contributed by atoms with E-state index in [2.05, 4.69) is 0 Å². The van der Waals surface area contributed by atoms with E-state index >= 15 is 0 Å². The lowest BCUT2D eigenvalue weighted by Gasteiger charge is -2.23. The average molecular weight is 517 g/mol. The Kier molecular flexibility index (Phi) is 7.25. The number of nitrogens with zero attached hydrogens (tertiary/aromatic N) is 1. The van der Waals surface area contributed by atoms with Crippen LogP contribution < -0.4 is 4.74 Å². The molecule has 1 aliphatic heterocycles. The summed E-state index contributed by atoms with van der Waals surface area (Å²) in [5.41, 5.74) is -2.13. The summed E-state index contributed by atoms with van der Waals surface area (Å²) in [7, 11) is 0. The zero-order chi connectivity index (χ0) is 26.3. The maximum atomic E-state index is 13.4. The number of aliphatic hydroxyl groups excluding tert-OH is 1. The van der Waals surface area contributed by atoms with Gasteiger partial charge in [0.05, 0.1) is 29.8 Å². The Morgan fingerprint density at radius 2 is 1.67 bits per heavy atom. The number of carboxylic acid groups (broad SMARTS) is 1. The number of benzene rings is 2. The van der Waals surface area contributed by atoms with E-state index in [9.17, 15) is 36.2 Å². The van der Waals surface area contributed by atoms with Crippen LogP contribution >= 0.6 is 0 Å². The minimum Gasteiger partial charge on any atom is -0.490 e. The molecular formula is C25H25F6NO4. The lowest BCUT2D eigenvalue weighted by atomic mass is 10.0. The largest absolute Gasteiger partial charge is 0.490 e. The number of aliphatic carboxylic acids is 1.